The van der Waals surface area contributed by atoms with Gasteiger partial charge in [0.1, 0.15) is 12.6 Å². The third-order valence-electron chi connectivity index (χ3n) is 6.40. The summed E-state index contributed by atoms with van der Waals surface area (Å²) in [6.07, 6.45) is -4.23. The number of H-pyrrole nitrogens is 1. The van der Waals surface area contributed by atoms with E-state index in [0.29, 0.717) is 17.4 Å². The number of carbonyl (C=O) groups excluding carboxylic acids is 2. The highest BCUT2D eigenvalue weighted by Crippen LogP contribution is 2.37. The number of halogens is 3. The lowest BCUT2D eigenvalue weighted by atomic mass is 9.93. The van der Waals surface area contributed by atoms with Crippen LogP contribution in [0, 0.1) is 5.92 Å². The molecule has 190 valence electrons. The van der Waals surface area contributed by atoms with Gasteiger partial charge < -0.3 is 20.8 Å². The van der Waals surface area contributed by atoms with E-state index >= 15 is 0 Å². The van der Waals surface area contributed by atoms with Gasteiger partial charge in [0.05, 0.1) is 17.5 Å². The molecule has 7 nitrogen and oxygen atoms in total. The number of aromatic nitrogens is 1. The van der Waals surface area contributed by atoms with Crippen LogP contribution in [0.2, 0.25) is 0 Å². The summed E-state index contributed by atoms with van der Waals surface area (Å²) in [6, 6.07) is 10.2. The number of nitrogens with two attached hydrogens (primary N) is 1. The van der Waals surface area contributed by atoms with E-state index in [2.05, 4.69) is 10.3 Å². The topological polar surface area (TPSA) is 114 Å². The average Bonchev–Trinajstić information content (AvgIpc) is 3.21. The lowest BCUT2D eigenvalue weighted by Gasteiger charge is -2.16. The van der Waals surface area contributed by atoms with E-state index in [1.54, 1.807) is 32.0 Å². The van der Waals surface area contributed by atoms with Crippen LogP contribution in [0.25, 0.3) is 22.0 Å². The number of ether oxygens (including phenoxy) is 1. The first-order chi connectivity index (χ1) is 17.0. The molecular formula is C26H26F3N3O4. The van der Waals surface area contributed by atoms with Crippen molar-refractivity contribution < 1.29 is 27.5 Å². The van der Waals surface area contributed by atoms with Gasteiger partial charge in [0, 0.05) is 16.6 Å². The van der Waals surface area contributed by atoms with Gasteiger partial charge in [0.15, 0.2) is 0 Å². The number of carbonyl (C=O) groups is 2. The molecule has 2 heterocycles. The number of pyridine rings is 1. The minimum absolute atomic E-state index is 0.0162. The van der Waals surface area contributed by atoms with Crippen LogP contribution in [-0.2, 0) is 20.5 Å². The van der Waals surface area contributed by atoms with Crippen molar-refractivity contribution in [2.24, 2.45) is 11.7 Å². The van der Waals surface area contributed by atoms with Gasteiger partial charge in [-0.25, -0.2) is 0 Å². The molecule has 10 heteroatoms. The van der Waals surface area contributed by atoms with Gasteiger partial charge in [0.25, 0.3) is 5.56 Å². The third-order valence-corrected chi connectivity index (χ3v) is 6.40. The minimum atomic E-state index is -4.58. The van der Waals surface area contributed by atoms with Crippen LogP contribution in [0.5, 0.6) is 0 Å². The zero-order chi connectivity index (χ0) is 26.2. The Balaban J connectivity index is 1.57. The van der Waals surface area contributed by atoms with Crippen LogP contribution in [0.4, 0.5) is 13.2 Å². The molecule has 0 bridgehead atoms. The molecule has 0 spiro atoms. The van der Waals surface area contributed by atoms with Crippen molar-refractivity contribution in [1.82, 2.24) is 10.3 Å². The molecule has 4 N–H and O–H groups in total. The van der Waals surface area contributed by atoms with Crippen molar-refractivity contribution in [3.05, 3.63) is 70.0 Å². The number of aromatic amines is 1. The highest BCUT2D eigenvalue weighted by atomic mass is 19.4. The summed E-state index contributed by atoms with van der Waals surface area (Å²) in [7, 11) is 0. The van der Waals surface area contributed by atoms with Crippen LogP contribution >= 0.6 is 0 Å². The number of amides is 1. The van der Waals surface area contributed by atoms with Crippen LogP contribution in [0.1, 0.15) is 37.3 Å². The number of rotatable bonds is 6. The number of alkyl halides is 3. The average molecular weight is 502 g/mol. The molecule has 1 aliphatic rings. The van der Waals surface area contributed by atoms with Crippen LogP contribution in [0.15, 0.2) is 53.3 Å². The molecule has 1 fully saturated rings. The lowest BCUT2D eigenvalue weighted by molar-refractivity contribution is -0.147. The van der Waals surface area contributed by atoms with Gasteiger partial charge in [0.2, 0.25) is 5.91 Å². The molecule has 1 aliphatic heterocycles. The van der Waals surface area contributed by atoms with E-state index in [1.165, 1.54) is 24.3 Å². The van der Waals surface area contributed by atoms with E-state index in [4.69, 9.17) is 10.5 Å². The predicted octanol–water partition coefficient (Wildman–Crippen LogP) is 3.71. The van der Waals surface area contributed by atoms with E-state index in [1.807, 2.05) is 0 Å². The Morgan fingerprint density at radius 2 is 1.86 bits per heavy atom. The second-order valence-corrected chi connectivity index (χ2v) is 9.30. The summed E-state index contributed by atoms with van der Waals surface area (Å²) in [5, 5.41) is 3.49. The second-order valence-electron chi connectivity index (χ2n) is 9.30. The monoisotopic (exact) mass is 501 g/mol. The fourth-order valence-corrected chi connectivity index (χ4v) is 4.31. The van der Waals surface area contributed by atoms with Gasteiger partial charge in [-0.15, -0.1) is 0 Å². The Kier molecular flexibility index (Phi) is 6.90. The Bertz CT molecular complexity index is 1370. The largest absolute Gasteiger partial charge is 0.462 e. The number of benzene rings is 2. The summed E-state index contributed by atoms with van der Waals surface area (Å²) in [6.45, 7) is 3.59. The maximum Gasteiger partial charge on any atom is 0.417 e. The van der Waals surface area contributed by atoms with Gasteiger partial charge in [-0.05, 0) is 41.5 Å². The van der Waals surface area contributed by atoms with Crippen molar-refractivity contribution in [3.63, 3.8) is 0 Å². The molecule has 1 saturated heterocycles. The van der Waals surface area contributed by atoms with Gasteiger partial charge >= 0.3 is 12.1 Å². The highest BCUT2D eigenvalue weighted by molar-refractivity contribution is 5.90. The third kappa shape index (κ3) is 5.13. The van der Waals surface area contributed by atoms with E-state index in [9.17, 15) is 27.6 Å². The van der Waals surface area contributed by atoms with E-state index < -0.39 is 41.3 Å². The summed E-state index contributed by atoms with van der Waals surface area (Å²) >= 11 is 0. The minimum Gasteiger partial charge on any atom is -0.462 e. The molecule has 3 aromatic rings. The number of esters is 1. The SMILES string of the molecule is CC(C)[C@H](N)C(=O)OCC1C[C@H](c2ccc3cc(-c4ccccc4C(F)(F)F)[nH]c(=O)c3c2)C(=O)N1. The summed E-state index contributed by atoms with van der Waals surface area (Å²) in [5.74, 6) is -1.46. The number of hydrogen-bond donors (Lipinski definition) is 3. The Hall–Kier alpha value is -3.66. The van der Waals surface area contributed by atoms with Crippen molar-refractivity contribution >= 4 is 22.6 Å². The van der Waals surface area contributed by atoms with Crippen LogP contribution < -0.4 is 16.6 Å². The standard InChI is InChI=1S/C26H26F3N3O4/c1-13(2)22(30)25(35)36-12-16-11-19(23(33)31-16)14-7-8-15-10-21(32-24(34)18(15)9-14)17-5-3-4-6-20(17)26(27,28)29/h3-10,13,16,19,22H,11-12,30H2,1-2H3,(H,31,33)(H,32,34)/t16?,19-,22+/m1/s1. The molecular weight excluding hydrogens is 475 g/mol. The summed E-state index contributed by atoms with van der Waals surface area (Å²) in [5.41, 5.74) is 4.88. The number of fused-ring (bicyclic) bond motifs is 1. The number of hydrogen-bond acceptors (Lipinski definition) is 5. The molecule has 2 aromatic carbocycles. The van der Waals surface area contributed by atoms with E-state index in [-0.39, 0.29) is 35.1 Å². The smallest absolute Gasteiger partial charge is 0.417 e. The highest BCUT2D eigenvalue weighted by Gasteiger charge is 2.35. The first-order valence-corrected chi connectivity index (χ1v) is 11.5. The Morgan fingerprint density at radius 3 is 2.56 bits per heavy atom. The van der Waals surface area contributed by atoms with Crippen molar-refractivity contribution in [2.45, 2.75) is 44.4 Å². The molecule has 3 atom stereocenters. The first kappa shape index (κ1) is 25.4. The maximum absolute atomic E-state index is 13.5. The molecule has 1 aromatic heterocycles. The first-order valence-electron chi connectivity index (χ1n) is 11.5. The van der Waals surface area contributed by atoms with Gasteiger partial charge in [-0.2, -0.15) is 13.2 Å². The van der Waals surface area contributed by atoms with E-state index in [0.717, 1.165) is 6.07 Å². The molecule has 4 rings (SSSR count). The summed E-state index contributed by atoms with van der Waals surface area (Å²) < 4.78 is 45.6. The lowest BCUT2D eigenvalue weighted by Crippen LogP contribution is -2.39. The fraction of sp³-hybridized carbons (Fsp3) is 0.346. The zero-order valence-electron chi connectivity index (χ0n) is 19.7. The fourth-order valence-electron chi connectivity index (χ4n) is 4.31. The molecule has 0 aliphatic carbocycles. The second kappa shape index (κ2) is 9.77. The van der Waals surface area contributed by atoms with Crippen molar-refractivity contribution in [1.29, 1.82) is 0 Å². The van der Waals surface area contributed by atoms with Crippen LogP contribution in [0.3, 0.4) is 0 Å². The summed E-state index contributed by atoms with van der Waals surface area (Å²) in [4.78, 5) is 40.0. The predicted molar refractivity (Wildman–Crippen MR) is 128 cm³/mol. The van der Waals surface area contributed by atoms with Crippen molar-refractivity contribution in [2.75, 3.05) is 6.61 Å². The Morgan fingerprint density at radius 1 is 1.14 bits per heavy atom. The van der Waals surface area contributed by atoms with Gasteiger partial charge in [-0.1, -0.05) is 44.2 Å². The van der Waals surface area contributed by atoms with Crippen molar-refractivity contribution in [3.8, 4) is 11.3 Å². The molecule has 36 heavy (non-hydrogen) atoms. The van der Waals surface area contributed by atoms with Gasteiger partial charge in [-0.3, -0.25) is 14.4 Å². The Labute approximate surface area is 204 Å². The number of nitrogens with one attached hydrogen (secondary N) is 2. The molecule has 0 saturated carbocycles. The zero-order valence-corrected chi connectivity index (χ0v) is 19.7. The maximum atomic E-state index is 13.5. The quantitative estimate of drug-likeness (QED) is 0.446. The normalized spacial score (nSPS) is 18.9. The molecule has 1 amide bonds. The molecule has 0 radical (unpaired) electrons. The van der Waals surface area contributed by atoms with Crippen LogP contribution in [-0.4, -0.2) is 35.6 Å². The molecule has 1 unspecified atom stereocenters.